The summed E-state index contributed by atoms with van der Waals surface area (Å²) >= 11 is 0. The number of urea groups is 1. The third-order valence-corrected chi connectivity index (χ3v) is 4.42. The molecule has 0 bridgehead atoms. The Morgan fingerprint density at radius 2 is 1.59 bits per heavy atom. The van der Waals surface area contributed by atoms with Crippen molar-refractivity contribution in [3.05, 3.63) is 59.2 Å². The minimum atomic E-state index is -0.458. The number of carbonyl (C=O) groups is 2. The van der Waals surface area contributed by atoms with E-state index in [1.807, 2.05) is 6.92 Å². The van der Waals surface area contributed by atoms with Crippen LogP contribution in [0.15, 0.2) is 42.5 Å². The van der Waals surface area contributed by atoms with E-state index in [2.05, 4.69) is 23.5 Å². The molecule has 0 aliphatic rings. The van der Waals surface area contributed by atoms with Crippen molar-refractivity contribution >= 4 is 23.4 Å². The van der Waals surface area contributed by atoms with Gasteiger partial charge in [0.15, 0.2) is 0 Å². The Bertz CT molecular complexity index is 919. The first kappa shape index (κ1) is 24.9. The molecule has 0 spiro atoms. The number of benzene rings is 2. The maximum absolute atomic E-state index is 12.4. The molecular weight excluding hydrogens is 408 g/mol. The van der Waals surface area contributed by atoms with Crippen LogP contribution in [-0.4, -0.2) is 25.2 Å². The number of hydrogen-bond donors (Lipinski definition) is 2. The maximum atomic E-state index is 12.4. The number of nitrogens with one attached hydrogen (secondary N) is 2. The average Bonchev–Trinajstić information content (AvgIpc) is 2.79. The number of carbonyl (C=O) groups excluding carboxylic acids is 2. The van der Waals surface area contributed by atoms with Gasteiger partial charge in [-0.15, -0.1) is 6.42 Å². The van der Waals surface area contributed by atoms with Gasteiger partial charge >= 0.3 is 12.0 Å². The summed E-state index contributed by atoms with van der Waals surface area (Å²) in [5, 5.41) is 5.47. The first-order chi connectivity index (χ1) is 15.5. The number of rotatable bonds is 12. The molecule has 170 valence electrons. The molecule has 0 aliphatic heterocycles. The summed E-state index contributed by atoms with van der Waals surface area (Å²) in [6.07, 6.45) is 8.94. The third-order valence-electron chi connectivity index (χ3n) is 4.42. The van der Waals surface area contributed by atoms with E-state index in [4.69, 9.17) is 20.9 Å². The van der Waals surface area contributed by atoms with Crippen molar-refractivity contribution in [2.75, 3.05) is 23.8 Å². The Morgan fingerprint density at radius 3 is 2.28 bits per heavy atom. The van der Waals surface area contributed by atoms with Crippen molar-refractivity contribution in [3.8, 4) is 12.3 Å². The second-order valence-corrected chi connectivity index (χ2v) is 7.15. The SMILES string of the molecule is C#Cc1ccc(NC(=O)Nc2cc(COOCCCC)cc(C(=O)OCCCC)c2)cc1. The van der Waals surface area contributed by atoms with Crippen molar-refractivity contribution in [3.63, 3.8) is 0 Å². The van der Waals surface area contributed by atoms with Gasteiger partial charge in [0.1, 0.15) is 6.61 Å². The lowest BCUT2D eigenvalue weighted by Crippen LogP contribution is -2.20. The number of anilines is 2. The standard InChI is InChI=1S/C25H30N2O5/c1-4-7-13-30-24(28)21-15-20(18-32-31-14-8-5-2)16-23(17-21)27-25(29)26-22-11-9-19(6-3)10-12-22/h3,9-12,15-17H,4-5,7-8,13-14,18H2,1-2H3,(H2,26,27,29). The minimum Gasteiger partial charge on any atom is -0.462 e. The van der Waals surface area contributed by atoms with Crippen LogP contribution in [-0.2, 0) is 21.1 Å². The van der Waals surface area contributed by atoms with E-state index in [1.165, 1.54) is 0 Å². The van der Waals surface area contributed by atoms with E-state index >= 15 is 0 Å². The smallest absolute Gasteiger partial charge is 0.338 e. The fourth-order valence-corrected chi connectivity index (χ4v) is 2.67. The molecule has 0 aromatic heterocycles. The fourth-order valence-electron chi connectivity index (χ4n) is 2.67. The normalized spacial score (nSPS) is 10.3. The van der Waals surface area contributed by atoms with Crippen LogP contribution in [0.1, 0.15) is 61.0 Å². The van der Waals surface area contributed by atoms with Crippen molar-refractivity contribution in [2.45, 2.75) is 46.1 Å². The predicted molar refractivity (Wildman–Crippen MR) is 124 cm³/mol. The molecule has 0 unspecified atom stereocenters. The second kappa shape index (κ2) is 13.9. The van der Waals surface area contributed by atoms with Crippen molar-refractivity contribution in [1.29, 1.82) is 0 Å². The minimum absolute atomic E-state index is 0.129. The Kier molecular flexibility index (Phi) is 10.8. The number of esters is 1. The molecule has 2 rings (SSSR count). The summed E-state index contributed by atoms with van der Waals surface area (Å²) in [5.41, 5.74) is 2.73. The molecule has 0 radical (unpaired) electrons. The van der Waals surface area contributed by atoms with E-state index in [1.54, 1.807) is 42.5 Å². The van der Waals surface area contributed by atoms with Crippen LogP contribution >= 0.6 is 0 Å². The molecule has 0 atom stereocenters. The van der Waals surface area contributed by atoms with Crippen LogP contribution in [0.3, 0.4) is 0 Å². The molecule has 0 saturated heterocycles. The molecule has 32 heavy (non-hydrogen) atoms. The zero-order chi connectivity index (χ0) is 23.2. The van der Waals surface area contributed by atoms with Crippen LogP contribution in [0.25, 0.3) is 0 Å². The molecule has 0 aliphatic carbocycles. The quantitative estimate of drug-likeness (QED) is 0.150. The summed E-state index contributed by atoms with van der Waals surface area (Å²) in [4.78, 5) is 35.3. The summed E-state index contributed by atoms with van der Waals surface area (Å²) in [5.74, 6) is 2.06. The highest BCUT2D eigenvalue weighted by molar-refractivity contribution is 6.01. The average molecular weight is 439 g/mol. The first-order valence-electron chi connectivity index (χ1n) is 10.8. The van der Waals surface area contributed by atoms with Gasteiger partial charge in [0.2, 0.25) is 0 Å². The summed E-state index contributed by atoms with van der Waals surface area (Å²) in [6, 6.07) is 11.4. The van der Waals surface area contributed by atoms with Gasteiger partial charge in [0, 0.05) is 16.9 Å². The molecule has 2 N–H and O–H groups in total. The lowest BCUT2D eigenvalue weighted by molar-refractivity contribution is -0.304. The molecule has 2 amide bonds. The Morgan fingerprint density at radius 1 is 0.906 bits per heavy atom. The van der Waals surface area contributed by atoms with E-state index in [-0.39, 0.29) is 6.61 Å². The highest BCUT2D eigenvalue weighted by Gasteiger charge is 2.12. The lowest BCUT2D eigenvalue weighted by atomic mass is 10.1. The number of unbranched alkanes of at least 4 members (excludes halogenated alkanes) is 2. The molecule has 0 heterocycles. The molecule has 0 saturated carbocycles. The largest absolute Gasteiger partial charge is 0.462 e. The van der Waals surface area contributed by atoms with Gasteiger partial charge in [0.05, 0.1) is 18.8 Å². The topological polar surface area (TPSA) is 85.9 Å². The second-order valence-electron chi connectivity index (χ2n) is 7.15. The summed E-state index contributed by atoms with van der Waals surface area (Å²) in [6.45, 7) is 5.03. The van der Waals surface area contributed by atoms with Gasteiger partial charge in [-0.1, -0.05) is 32.6 Å². The van der Waals surface area contributed by atoms with E-state index < -0.39 is 12.0 Å². The molecule has 7 heteroatoms. The van der Waals surface area contributed by atoms with Crippen LogP contribution in [0, 0.1) is 12.3 Å². The predicted octanol–water partition coefficient (Wildman–Crippen LogP) is 5.52. The zero-order valence-corrected chi connectivity index (χ0v) is 18.6. The van der Waals surface area contributed by atoms with Gasteiger partial charge in [-0.05, 0) is 60.9 Å². The maximum Gasteiger partial charge on any atom is 0.338 e. The van der Waals surface area contributed by atoms with Crippen LogP contribution in [0.4, 0.5) is 16.2 Å². The summed E-state index contributed by atoms with van der Waals surface area (Å²) < 4.78 is 5.30. The van der Waals surface area contributed by atoms with Gasteiger partial charge < -0.3 is 15.4 Å². The number of ether oxygens (including phenoxy) is 1. The number of terminal acetylenes is 1. The Labute approximate surface area is 189 Å². The van der Waals surface area contributed by atoms with Crippen LogP contribution < -0.4 is 10.6 Å². The number of amides is 2. The molecule has 0 fully saturated rings. The highest BCUT2D eigenvalue weighted by Crippen LogP contribution is 2.18. The third kappa shape index (κ3) is 8.80. The van der Waals surface area contributed by atoms with Gasteiger partial charge in [-0.25, -0.2) is 19.4 Å². The lowest BCUT2D eigenvalue weighted by Gasteiger charge is -2.12. The Hall–Kier alpha value is -3.34. The van der Waals surface area contributed by atoms with Gasteiger partial charge in [0.25, 0.3) is 0 Å². The van der Waals surface area contributed by atoms with Crippen molar-refractivity contribution in [1.82, 2.24) is 0 Å². The van der Waals surface area contributed by atoms with Crippen LogP contribution in [0.5, 0.6) is 0 Å². The monoisotopic (exact) mass is 438 g/mol. The molecule has 2 aromatic rings. The van der Waals surface area contributed by atoms with Crippen LogP contribution in [0.2, 0.25) is 0 Å². The molecule has 2 aromatic carbocycles. The van der Waals surface area contributed by atoms with Crippen molar-refractivity contribution in [2.24, 2.45) is 0 Å². The Balaban J connectivity index is 2.08. The zero-order valence-electron chi connectivity index (χ0n) is 18.6. The van der Waals surface area contributed by atoms with Crippen molar-refractivity contribution < 1.29 is 24.1 Å². The molecule has 7 nitrogen and oxygen atoms in total. The number of hydrogen-bond acceptors (Lipinski definition) is 5. The highest BCUT2D eigenvalue weighted by atomic mass is 17.2. The first-order valence-corrected chi connectivity index (χ1v) is 10.8. The fraction of sp³-hybridized carbons (Fsp3) is 0.360. The summed E-state index contributed by atoms with van der Waals surface area (Å²) in [7, 11) is 0. The molecular formula is C25H30N2O5. The van der Waals surface area contributed by atoms with Gasteiger partial charge in [-0.2, -0.15) is 0 Å². The van der Waals surface area contributed by atoms with E-state index in [9.17, 15) is 9.59 Å². The van der Waals surface area contributed by atoms with E-state index in [0.717, 1.165) is 31.2 Å². The van der Waals surface area contributed by atoms with Gasteiger partial charge in [-0.3, -0.25) is 0 Å². The van der Waals surface area contributed by atoms with E-state index in [0.29, 0.717) is 35.7 Å².